The highest BCUT2D eigenvalue weighted by Crippen LogP contribution is 2.27. The second-order valence-electron chi connectivity index (χ2n) is 5.61. The molecule has 1 aromatic carbocycles. The topological polar surface area (TPSA) is 29.1 Å². The number of amides is 1. The van der Waals surface area contributed by atoms with Gasteiger partial charge in [-0.1, -0.05) is 25.0 Å². The number of carbonyl (C=O) groups is 1. The lowest BCUT2D eigenvalue weighted by Gasteiger charge is -2.28. The summed E-state index contributed by atoms with van der Waals surface area (Å²) in [4.78, 5) is 12.1. The Balaban J connectivity index is 2.08. The molecule has 18 heavy (non-hydrogen) atoms. The van der Waals surface area contributed by atoms with Gasteiger partial charge in [-0.05, 0) is 44.4 Å². The Hall–Kier alpha value is -1.38. The minimum absolute atomic E-state index is 0.0989. The minimum Gasteiger partial charge on any atom is -0.347 e. The molecule has 0 unspecified atom stereocenters. The van der Waals surface area contributed by atoms with Gasteiger partial charge in [-0.2, -0.15) is 0 Å². The standard InChI is InChI=1S/C15H20FNO/c1-15(2,12-8-5-9-13(16)10-12)17-14(18)11-6-3-4-7-11/h5,8-11H,3-4,6-7H2,1-2H3,(H,17,18). The summed E-state index contributed by atoms with van der Waals surface area (Å²) in [6, 6.07) is 6.42. The van der Waals surface area contributed by atoms with E-state index in [1.807, 2.05) is 19.9 Å². The van der Waals surface area contributed by atoms with E-state index in [4.69, 9.17) is 0 Å². The first kappa shape index (κ1) is 13.1. The van der Waals surface area contributed by atoms with Crippen LogP contribution in [0.1, 0.15) is 45.1 Å². The molecule has 1 aliphatic carbocycles. The van der Waals surface area contributed by atoms with E-state index in [1.54, 1.807) is 6.07 Å². The third kappa shape index (κ3) is 2.89. The molecular weight excluding hydrogens is 229 g/mol. The number of rotatable bonds is 3. The molecule has 0 bridgehead atoms. The molecule has 0 radical (unpaired) electrons. The Kier molecular flexibility index (Phi) is 3.69. The molecule has 1 fully saturated rings. The van der Waals surface area contributed by atoms with E-state index in [9.17, 15) is 9.18 Å². The zero-order valence-electron chi connectivity index (χ0n) is 11.0. The molecule has 0 heterocycles. The van der Waals surface area contributed by atoms with E-state index < -0.39 is 5.54 Å². The zero-order chi connectivity index (χ0) is 13.2. The number of benzene rings is 1. The van der Waals surface area contributed by atoms with Gasteiger partial charge in [0.05, 0.1) is 5.54 Å². The number of nitrogens with one attached hydrogen (secondary N) is 1. The van der Waals surface area contributed by atoms with Crippen molar-refractivity contribution >= 4 is 5.91 Å². The Morgan fingerprint density at radius 3 is 2.61 bits per heavy atom. The first-order chi connectivity index (χ1) is 8.49. The molecule has 0 spiro atoms. The summed E-state index contributed by atoms with van der Waals surface area (Å²) in [5.41, 5.74) is 0.274. The van der Waals surface area contributed by atoms with E-state index in [0.29, 0.717) is 0 Å². The summed E-state index contributed by atoms with van der Waals surface area (Å²) < 4.78 is 13.2. The van der Waals surface area contributed by atoms with Gasteiger partial charge in [0, 0.05) is 5.92 Å². The molecule has 1 N–H and O–H groups in total. The van der Waals surface area contributed by atoms with Gasteiger partial charge in [0.2, 0.25) is 5.91 Å². The maximum Gasteiger partial charge on any atom is 0.223 e. The van der Waals surface area contributed by atoms with Crippen LogP contribution >= 0.6 is 0 Å². The SMILES string of the molecule is CC(C)(NC(=O)C1CCCC1)c1cccc(F)c1. The highest BCUT2D eigenvalue weighted by atomic mass is 19.1. The van der Waals surface area contributed by atoms with Crippen molar-refractivity contribution in [1.29, 1.82) is 0 Å². The highest BCUT2D eigenvalue weighted by Gasteiger charge is 2.29. The summed E-state index contributed by atoms with van der Waals surface area (Å²) in [5, 5.41) is 3.04. The van der Waals surface area contributed by atoms with Crippen molar-refractivity contribution in [2.75, 3.05) is 0 Å². The fourth-order valence-corrected chi connectivity index (χ4v) is 2.55. The van der Waals surface area contributed by atoms with Crippen molar-refractivity contribution in [2.24, 2.45) is 5.92 Å². The Morgan fingerprint density at radius 2 is 2.00 bits per heavy atom. The molecule has 2 rings (SSSR count). The molecule has 1 aromatic rings. The van der Waals surface area contributed by atoms with Crippen LogP contribution in [0.15, 0.2) is 24.3 Å². The number of hydrogen-bond donors (Lipinski definition) is 1. The van der Waals surface area contributed by atoms with Crippen molar-refractivity contribution in [2.45, 2.75) is 45.1 Å². The third-order valence-electron chi connectivity index (χ3n) is 3.71. The van der Waals surface area contributed by atoms with Gasteiger partial charge < -0.3 is 5.32 Å². The van der Waals surface area contributed by atoms with E-state index in [0.717, 1.165) is 31.2 Å². The van der Waals surface area contributed by atoms with Gasteiger partial charge in [0.15, 0.2) is 0 Å². The number of hydrogen-bond acceptors (Lipinski definition) is 1. The molecule has 0 atom stereocenters. The van der Waals surface area contributed by atoms with Crippen molar-refractivity contribution in [1.82, 2.24) is 5.32 Å². The summed E-state index contributed by atoms with van der Waals surface area (Å²) in [7, 11) is 0. The van der Waals surface area contributed by atoms with Crippen LogP contribution in [-0.2, 0) is 10.3 Å². The van der Waals surface area contributed by atoms with E-state index >= 15 is 0 Å². The molecule has 1 aliphatic rings. The fraction of sp³-hybridized carbons (Fsp3) is 0.533. The first-order valence-electron chi connectivity index (χ1n) is 6.57. The first-order valence-corrected chi connectivity index (χ1v) is 6.57. The molecule has 98 valence electrons. The molecule has 2 nitrogen and oxygen atoms in total. The van der Waals surface area contributed by atoms with Gasteiger partial charge in [-0.25, -0.2) is 4.39 Å². The molecule has 1 saturated carbocycles. The Labute approximate surface area is 108 Å². The lowest BCUT2D eigenvalue weighted by atomic mass is 9.93. The molecule has 0 aliphatic heterocycles. The maximum absolute atomic E-state index is 13.2. The van der Waals surface area contributed by atoms with Crippen LogP contribution in [0.3, 0.4) is 0 Å². The molecule has 0 saturated heterocycles. The van der Waals surface area contributed by atoms with E-state index in [-0.39, 0.29) is 17.6 Å². The van der Waals surface area contributed by atoms with Crippen molar-refractivity contribution < 1.29 is 9.18 Å². The predicted molar refractivity (Wildman–Crippen MR) is 69.5 cm³/mol. The van der Waals surface area contributed by atoms with Crippen LogP contribution in [0.4, 0.5) is 4.39 Å². The summed E-state index contributed by atoms with van der Waals surface area (Å²) in [6.07, 6.45) is 4.23. The van der Waals surface area contributed by atoms with Crippen LogP contribution in [0.5, 0.6) is 0 Å². The van der Waals surface area contributed by atoms with Gasteiger partial charge in [-0.15, -0.1) is 0 Å². The normalized spacial score (nSPS) is 16.8. The average molecular weight is 249 g/mol. The third-order valence-corrected chi connectivity index (χ3v) is 3.71. The van der Waals surface area contributed by atoms with Gasteiger partial charge in [0.25, 0.3) is 0 Å². The van der Waals surface area contributed by atoms with E-state index in [1.165, 1.54) is 12.1 Å². The van der Waals surface area contributed by atoms with Crippen LogP contribution in [0, 0.1) is 11.7 Å². The van der Waals surface area contributed by atoms with Crippen LogP contribution < -0.4 is 5.32 Å². The second-order valence-corrected chi connectivity index (χ2v) is 5.61. The zero-order valence-corrected chi connectivity index (χ0v) is 11.0. The minimum atomic E-state index is -0.526. The van der Waals surface area contributed by atoms with Gasteiger partial charge in [0.1, 0.15) is 5.82 Å². The lowest BCUT2D eigenvalue weighted by molar-refractivity contribution is -0.126. The Morgan fingerprint density at radius 1 is 1.33 bits per heavy atom. The monoisotopic (exact) mass is 249 g/mol. The quantitative estimate of drug-likeness (QED) is 0.874. The predicted octanol–water partition coefficient (Wildman–Crippen LogP) is 3.37. The summed E-state index contributed by atoms with van der Waals surface area (Å²) in [6.45, 7) is 3.82. The van der Waals surface area contributed by atoms with Crippen molar-refractivity contribution in [3.63, 3.8) is 0 Å². The highest BCUT2D eigenvalue weighted by molar-refractivity contribution is 5.79. The molecule has 1 amide bonds. The molecule has 0 aromatic heterocycles. The number of halogens is 1. The molecular formula is C15H20FNO. The second kappa shape index (κ2) is 5.09. The van der Waals surface area contributed by atoms with E-state index in [2.05, 4.69) is 5.32 Å². The molecule has 3 heteroatoms. The maximum atomic E-state index is 13.2. The van der Waals surface area contributed by atoms with Crippen LogP contribution in [0.25, 0.3) is 0 Å². The number of carbonyl (C=O) groups excluding carboxylic acids is 1. The summed E-state index contributed by atoms with van der Waals surface area (Å²) >= 11 is 0. The largest absolute Gasteiger partial charge is 0.347 e. The summed E-state index contributed by atoms with van der Waals surface area (Å²) in [5.74, 6) is -0.0321. The Bertz CT molecular complexity index is 436. The van der Waals surface area contributed by atoms with Crippen LogP contribution in [-0.4, -0.2) is 5.91 Å². The average Bonchev–Trinajstić information content (AvgIpc) is 2.82. The van der Waals surface area contributed by atoms with Crippen LogP contribution in [0.2, 0.25) is 0 Å². The fourth-order valence-electron chi connectivity index (χ4n) is 2.55. The van der Waals surface area contributed by atoms with Crippen molar-refractivity contribution in [3.8, 4) is 0 Å². The lowest BCUT2D eigenvalue weighted by Crippen LogP contribution is -2.43. The van der Waals surface area contributed by atoms with Gasteiger partial charge >= 0.3 is 0 Å². The van der Waals surface area contributed by atoms with Gasteiger partial charge in [-0.3, -0.25) is 4.79 Å². The smallest absolute Gasteiger partial charge is 0.223 e. The van der Waals surface area contributed by atoms with Crippen molar-refractivity contribution in [3.05, 3.63) is 35.6 Å².